The Bertz CT molecular complexity index is 539. The molecule has 1 aliphatic rings. The van der Waals surface area contributed by atoms with Crippen LogP contribution < -0.4 is 0 Å². The van der Waals surface area contributed by atoms with E-state index in [2.05, 4.69) is 6.92 Å². The minimum absolute atomic E-state index is 0.223. The predicted molar refractivity (Wildman–Crippen MR) is 78.6 cm³/mol. The summed E-state index contributed by atoms with van der Waals surface area (Å²) in [6.07, 6.45) is 4.50. The van der Waals surface area contributed by atoms with Crippen LogP contribution in [0.5, 0.6) is 0 Å². The maximum Gasteiger partial charge on any atom is 0.293 e. The summed E-state index contributed by atoms with van der Waals surface area (Å²) in [5, 5.41) is -0.223. The first-order valence-electron chi connectivity index (χ1n) is 6.62. The fraction of sp³-hybridized carbons (Fsp3) is 0.333. The predicted octanol–water partition coefficient (Wildman–Crippen LogP) is 4.05. The normalized spacial score (nSPS) is 17.3. The summed E-state index contributed by atoms with van der Waals surface area (Å²) in [5.41, 5.74) is 0.713. The second-order valence-electron chi connectivity index (χ2n) is 4.59. The largest absolute Gasteiger partial charge is 0.293 e. The highest BCUT2D eigenvalue weighted by molar-refractivity contribution is 8.18. The molecule has 0 unspecified atom stereocenters. The van der Waals surface area contributed by atoms with E-state index in [0.29, 0.717) is 17.0 Å². The van der Waals surface area contributed by atoms with Crippen LogP contribution in [0.15, 0.2) is 29.2 Å². The monoisotopic (exact) mass is 293 g/mol. The Morgan fingerprint density at radius 3 is 2.55 bits per heavy atom. The van der Waals surface area contributed by atoms with Crippen molar-refractivity contribution in [2.45, 2.75) is 26.2 Å². The van der Waals surface area contributed by atoms with Crippen molar-refractivity contribution in [3.8, 4) is 0 Å². The first-order chi connectivity index (χ1) is 9.61. The molecule has 1 aromatic carbocycles. The second-order valence-corrected chi connectivity index (χ2v) is 5.59. The zero-order valence-electron chi connectivity index (χ0n) is 11.3. The van der Waals surface area contributed by atoms with Crippen LogP contribution in [0.4, 0.5) is 9.18 Å². The maximum atomic E-state index is 12.8. The minimum atomic E-state index is -0.324. The number of benzene rings is 1. The van der Waals surface area contributed by atoms with Gasteiger partial charge in [-0.1, -0.05) is 31.9 Å². The molecule has 106 valence electrons. The standard InChI is InChI=1S/C15H16FNO2S/c1-2-3-4-9-17-14(18)13(20-15(17)19)10-11-5-7-12(16)8-6-11/h5-8,10H,2-4,9H2,1H3/b13-10-. The smallest absolute Gasteiger partial charge is 0.268 e. The SMILES string of the molecule is CCCCCN1C(=O)S/C(=C\c2ccc(F)cc2)C1=O. The van der Waals surface area contributed by atoms with Gasteiger partial charge >= 0.3 is 0 Å². The van der Waals surface area contributed by atoms with Crippen LogP contribution in [-0.4, -0.2) is 22.6 Å². The first kappa shape index (κ1) is 14.8. The van der Waals surface area contributed by atoms with E-state index in [0.717, 1.165) is 31.0 Å². The van der Waals surface area contributed by atoms with Crippen molar-refractivity contribution >= 4 is 29.0 Å². The van der Waals surface area contributed by atoms with Crippen LogP contribution in [0.1, 0.15) is 31.7 Å². The van der Waals surface area contributed by atoms with Gasteiger partial charge in [-0.2, -0.15) is 0 Å². The van der Waals surface area contributed by atoms with Gasteiger partial charge in [0.1, 0.15) is 5.82 Å². The van der Waals surface area contributed by atoms with Gasteiger partial charge in [-0.05, 0) is 42.0 Å². The van der Waals surface area contributed by atoms with Gasteiger partial charge in [0, 0.05) is 6.54 Å². The van der Waals surface area contributed by atoms with Gasteiger partial charge in [-0.25, -0.2) is 4.39 Å². The highest BCUT2D eigenvalue weighted by Crippen LogP contribution is 2.32. The van der Waals surface area contributed by atoms with Crippen molar-refractivity contribution in [1.29, 1.82) is 0 Å². The van der Waals surface area contributed by atoms with Crippen molar-refractivity contribution in [3.05, 3.63) is 40.6 Å². The van der Waals surface area contributed by atoms with E-state index in [4.69, 9.17) is 0 Å². The minimum Gasteiger partial charge on any atom is -0.268 e. The Hall–Kier alpha value is -1.62. The summed E-state index contributed by atoms with van der Waals surface area (Å²) in [5.74, 6) is -0.574. The Labute approximate surface area is 121 Å². The lowest BCUT2D eigenvalue weighted by Crippen LogP contribution is -2.29. The molecular formula is C15H16FNO2S. The number of carbonyl (C=O) groups excluding carboxylic acids is 2. The van der Waals surface area contributed by atoms with Crippen molar-refractivity contribution < 1.29 is 14.0 Å². The first-order valence-corrected chi connectivity index (χ1v) is 7.44. The van der Waals surface area contributed by atoms with Crippen molar-refractivity contribution in [3.63, 3.8) is 0 Å². The van der Waals surface area contributed by atoms with Gasteiger partial charge in [0.05, 0.1) is 4.91 Å². The fourth-order valence-electron chi connectivity index (χ4n) is 1.92. The van der Waals surface area contributed by atoms with Crippen LogP contribution in [-0.2, 0) is 4.79 Å². The lowest BCUT2D eigenvalue weighted by atomic mass is 10.2. The molecule has 0 aromatic heterocycles. The Balaban J connectivity index is 2.09. The number of imide groups is 1. The number of rotatable bonds is 5. The number of unbranched alkanes of at least 4 members (excludes halogenated alkanes) is 2. The van der Waals surface area contributed by atoms with E-state index in [1.807, 2.05) is 0 Å². The quantitative estimate of drug-likeness (QED) is 0.607. The molecule has 1 aliphatic heterocycles. The van der Waals surface area contributed by atoms with Crippen LogP contribution in [0, 0.1) is 5.82 Å². The Kier molecular flexibility index (Phi) is 4.95. The third-order valence-corrected chi connectivity index (χ3v) is 3.93. The molecule has 20 heavy (non-hydrogen) atoms. The van der Waals surface area contributed by atoms with Gasteiger partial charge in [-0.15, -0.1) is 0 Å². The third kappa shape index (κ3) is 3.48. The van der Waals surface area contributed by atoms with E-state index in [-0.39, 0.29) is 17.0 Å². The second kappa shape index (κ2) is 6.70. The Morgan fingerprint density at radius 1 is 1.20 bits per heavy atom. The van der Waals surface area contributed by atoms with Gasteiger partial charge in [0.15, 0.2) is 0 Å². The molecule has 1 saturated heterocycles. The third-order valence-electron chi connectivity index (χ3n) is 3.03. The molecule has 5 heteroatoms. The van der Waals surface area contributed by atoms with Crippen LogP contribution in [0.2, 0.25) is 0 Å². The Morgan fingerprint density at radius 2 is 1.90 bits per heavy atom. The molecule has 0 bridgehead atoms. The lowest BCUT2D eigenvalue weighted by molar-refractivity contribution is -0.122. The average Bonchev–Trinajstić information content (AvgIpc) is 2.69. The van der Waals surface area contributed by atoms with Gasteiger partial charge in [0.2, 0.25) is 0 Å². The zero-order valence-corrected chi connectivity index (χ0v) is 12.1. The molecule has 0 aliphatic carbocycles. The van der Waals surface area contributed by atoms with E-state index in [1.165, 1.54) is 17.0 Å². The molecule has 0 saturated carbocycles. The lowest BCUT2D eigenvalue weighted by Gasteiger charge is -2.11. The van der Waals surface area contributed by atoms with Gasteiger partial charge in [0.25, 0.3) is 11.1 Å². The number of thioether (sulfide) groups is 1. The van der Waals surface area contributed by atoms with E-state index in [1.54, 1.807) is 18.2 Å². The van der Waals surface area contributed by atoms with Gasteiger partial charge < -0.3 is 0 Å². The summed E-state index contributed by atoms with van der Waals surface area (Å²) < 4.78 is 12.8. The maximum absolute atomic E-state index is 12.8. The summed E-state index contributed by atoms with van der Waals surface area (Å²) in [4.78, 5) is 25.6. The highest BCUT2D eigenvalue weighted by Gasteiger charge is 2.34. The van der Waals surface area contributed by atoms with Gasteiger partial charge in [-0.3, -0.25) is 14.5 Å². The molecule has 1 heterocycles. The summed E-state index contributed by atoms with van der Waals surface area (Å²) >= 11 is 0.944. The van der Waals surface area contributed by atoms with Crippen molar-refractivity contribution in [2.75, 3.05) is 6.54 Å². The number of hydrogen-bond acceptors (Lipinski definition) is 3. The molecule has 1 fully saturated rings. The number of halogens is 1. The van der Waals surface area contributed by atoms with Crippen molar-refractivity contribution in [1.82, 2.24) is 4.90 Å². The van der Waals surface area contributed by atoms with E-state index in [9.17, 15) is 14.0 Å². The highest BCUT2D eigenvalue weighted by atomic mass is 32.2. The summed E-state index contributed by atoms with van der Waals surface area (Å²) in [7, 11) is 0. The fourth-order valence-corrected chi connectivity index (χ4v) is 2.79. The molecule has 2 amide bonds. The molecule has 0 spiro atoms. The topological polar surface area (TPSA) is 37.4 Å². The molecule has 3 nitrogen and oxygen atoms in total. The number of hydrogen-bond donors (Lipinski definition) is 0. The van der Waals surface area contributed by atoms with Crippen LogP contribution in [0.3, 0.4) is 0 Å². The van der Waals surface area contributed by atoms with Crippen molar-refractivity contribution in [2.24, 2.45) is 0 Å². The molecule has 2 rings (SSSR count). The van der Waals surface area contributed by atoms with E-state index >= 15 is 0 Å². The molecule has 1 aromatic rings. The molecule has 0 radical (unpaired) electrons. The average molecular weight is 293 g/mol. The molecule has 0 N–H and O–H groups in total. The number of nitrogens with zero attached hydrogens (tertiary/aromatic N) is 1. The van der Waals surface area contributed by atoms with Crippen LogP contribution >= 0.6 is 11.8 Å². The summed E-state index contributed by atoms with van der Waals surface area (Å²) in [6, 6.07) is 5.83. The number of amides is 2. The molecular weight excluding hydrogens is 277 g/mol. The van der Waals surface area contributed by atoms with E-state index < -0.39 is 0 Å². The molecule has 0 atom stereocenters. The van der Waals surface area contributed by atoms with Crippen LogP contribution in [0.25, 0.3) is 6.08 Å². The number of carbonyl (C=O) groups is 2. The summed E-state index contributed by atoms with van der Waals surface area (Å²) in [6.45, 7) is 2.54. The zero-order chi connectivity index (χ0) is 14.5.